The third-order valence-electron chi connectivity index (χ3n) is 9.55. The van der Waals surface area contributed by atoms with E-state index in [-0.39, 0.29) is 37.1 Å². The first-order valence-electron chi connectivity index (χ1n) is 18.7. The van der Waals surface area contributed by atoms with Gasteiger partial charge in [-0.3, -0.25) is 4.79 Å². The minimum absolute atomic E-state index is 0.0330. The molecular weight excluding hydrogens is 771 g/mol. The van der Waals surface area contributed by atoms with Crippen molar-refractivity contribution < 1.29 is 33.6 Å². The second kappa shape index (κ2) is 25.9. The number of aliphatic hydroxyl groups is 2. The summed E-state index contributed by atoms with van der Waals surface area (Å²) in [5.41, 5.74) is 2.33. The number of methoxy groups -OCH3 is 1. The summed E-state index contributed by atoms with van der Waals surface area (Å²) in [7, 11) is -0.515. The summed E-state index contributed by atoms with van der Waals surface area (Å²) in [5.74, 6) is 6.26. The van der Waals surface area contributed by atoms with Crippen LogP contribution in [-0.4, -0.2) is 62.6 Å². The summed E-state index contributed by atoms with van der Waals surface area (Å²) in [6.07, 6.45) is 10.7. The van der Waals surface area contributed by atoms with Crippen molar-refractivity contribution in [1.29, 1.82) is 0 Å². The van der Waals surface area contributed by atoms with Gasteiger partial charge in [-0.1, -0.05) is 114 Å². The van der Waals surface area contributed by atoms with Crippen LogP contribution in [0.2, 0.25) is 16.6 Å². The minimum atomic E-state index is -2.17. The Morgan fingerprint density at radius 2 is 1.59 bits per heavy atom. The number of carbonyl (C=O) groups excluding carboxylic acids is 1. The molecule has 0 aliphatic heterocycles. The van der Waals surface area contributed by atoms with Gasteiger partial charge in [0, 0.05) is 12.3 Å². The number of halogens is 1. The van der Waals surface area contributed by atoms with Crippen LogP contribution in [0.4, 0.5) is 0 Å². The van der Waals surface area contributed by atoms with Gasteiger partial charge in [0.05, 0.1) is 38.4 Å². The number of unbranched alkanes of at least 4 members (excludes halogenated alkanes) is 1. The number of ether oxygens (including phenoxy) is 3. The SMILES string of the molecule is C=CC[C@H](C[C@H](O)CC(=O)O[C@@H](/C=C/I)[C@@H](C)/C=C/[C@H](C)C[C@@H](CCCC#CCO)OCc1ccc(OC)cc1)O[Si](C(C)C)(C(C)C)C(C)C. The van der Waals surface area contributed by atoms with Crippen LogP contribution in [-0.2, 0) is 25.3 Å². The molecule has 0 fully saturated rings. The van der Waals surface area contributed by atoms with Crippen LogP contribution in [0.3, 0.4) is 0 Å². The van der Waals surface area contributed by atoms with Crippen LogP contribution in [0.25, 0.3) is 0 Å². The normalized spacial score (nSPS) is 15.8. The highest BCUT2D eigenvalue weighted by Gasteiger charge is 2.46. The molecule has 288 valence electrons. The average Bonchev–Trinajstić information content (AvgIpc) is 3.07. The van der Waals surface area contributed by atoms with Gasteiger partial charge in [0.25, 0.3) is 0 Å². The first-order chi connectivity index (χ1) is 24.2. The van der Waals surface area contributed by atoms with E-state index in [0.29, 0.717) is 42.5 Å². The Kier molecular flexibility index (Phi) is 23.9. The Bertz CT molecular complexity index is 1210. The number of allylic oxidation sites excluding steroid dienone is 1. The van der Waals surface area contributed by atoms with Crippen molar-refractivity contribution in [2.24, 2.45) is 11.8 Å². The molecule has 0 radical (unpaired) electrons. The highest BCUT2D eigenvalue weighted by Crippen LogP contribution is 2.43. The van der Waals surface area contributed by atoms with E-state index in [1.807, 2.05) is 47.4 Å². The number of carbonyl (C=O) groups is 1. The van der Waals surface area contributed by atoms with Crippen molar-refractivity contribution in [2.75, 3.05) is 13.7 Å². The Labute approximate surface area is 324 Å². The first-order valence-corrected chi connectivity index (χ1v) is 22.0. The summed E-state index contributed by atoms with van der Waals surface area (Å²) in [5, 5.41) is 20.0. The number of aliphatic hydroxyl groups excluding tert-OH is 2. The van der Waals surface area contributed by atoms with E-state index < -0.39 is 26.5 Å². The Morgan fingerprint density at radius 3 is 2.14 bits per heavy atom. The van der Waals surface area contributed by atoms with Gasteiger partial charge in [-0.2, -0.15) is 0 Å². The van der Waals surface area contributed by atoms with E-state index in [4.69, 9.17) is 23.7 Å². The average molecular weight is 839 g/mol. The van der Waals surface area contributed by atoms with Crippen LogP contribution in [0, 0.1) is 23.7 Å². The number of rotatable bonds is 25. The molecule has 0 aromatic heterocycles. The van der Waals surface area contributed by atoms with Crippen molar-refractivity contribution in [3.63, 3.8) is 0 Å². The molecule has 0 amide bonds. The fraction of sp³-hybridized carbons (Fsp3) is 0.643. The van der Waals surface area contributed by atoms with Gasteiger partial charge in [0.15, 0.2) is 0 Å². The zero-order valence-corrected chi connectivity index (χ0v) is 35.9. The zero-order chi connectivity index (χ0) is 38.4. The van der Waals surface area contributed by atoms with Crippen molar-refractivity contribution in [1.82, 2.24) is 0 Å². The van der Waals surface area contributed by atoms with Crippen molar-refractivity contribution in [3.05, 3.63) is 64.8 Å². The molecule has 1 aromatic carbocycles. The molecule has 0 saturated heterocycles. The van der Waals surface area contributed by atoms with Crippen LogP contribution < -0.4 is 4.74 Å². The molecule has 51 heavy (non-hydrogen) atoms. The van der Waals surface area contributed by atoms with Crippen LogP contribution >= 0.6 is 22.6 Å². The summed E-state index contributed by atoms with van der Waals surface area (Å²) < 4.78 is 26.4. The van der Waals surface area contributed by atoms with E-state index in [0.717, 1.165) is 30.6 Å². The third kappa shape index (κ3) is 17.6. The second-order valence-electron chi connectivity index (χ2n) is 14.6. The molecule has 0 aliphatic carbocycles. The predicted octanol–water partition coefficient (Wildman–Crippen LogP) is 10.1. The maximum atomic E-state index is 13.1. The van der Waals surface area contributed by atoms with Crippen LogP contribution in [0.5, 0.6) is 5.75 Å². The second-order valence-corrected chi connectivity index (χ2v) is 20.7. The standard InChI is InChI=1S/C42H67IO7Si/c1-11-16-40(50-51(31(2)3,32(4)5)33(6)7)28-37(45)29-42(46)49-41(24-25-43)35(9)19-18-34(8)27-39(17-14-12-13-15-26-44)48-30-36-20-22-38(47-10)23-21-36/h11,18-25,31-35,37,39-41,44-45H,1,12,14,16-17,26-30H2,2-10H3/b19-18+,25-24+/t34-,35-,37-,39+,40+,41-/m0/s1. The highest BCUT2D eigenvalue weighted by molar-refractivity contribution is 14.1. The molecule has 0 aliphatic rings. The largest absolute Gasteiger partial charge is 0.497 e. The molecule has 1 aromatic rings. The van der Waals surface area contributed by atoms with Gasteiger partial charge in [-0.15, -0.1) is 12.5 Å². The topological polar surface area (TPSA) is 94.5 Å². The predicted molar refractivity (Wildman–Crippen MR) is 221 cm³/mol. The molecule has 0 bridgehead atoms. The minimum Gasteiger partial charge on any atom is -0.497 e. The van der Waals surface area contributed by atoms with E-state index in [1.165, 1.54) is 0 Å². The summed E-state index contributed by atoms with van der Waals surface area (Å²) in [6, 6.07) is 7.90. The quantitative estimate of drug-likeness (QED) is 0.0253. The van der Waals surface area contributed by atoms with Crippen molar-refractivity contribution >= 4 is 36.9 Å². The third-order valence-corrected chi connectivity index (χ3v) is 16.1. The maximum absolute atomic E-state index is 13.1. The lowest BCUT2D eigenvalue weighted by Crippen LogP contribution is -2.50. The fourth-order valence-electron chi connectivity index (χ4n) is 6.98. The molecule has 0 unspecified atom stereocenters. The molecular formula is C42H67IO7Si. The van der Waals surface area contributed by atoms with E-state index in [2.05, 4.69) is 102 Å². The van der Waals surface area contributed by atoms with Gasteiger partial charge in [-0.25, -0.2) is 0 Å². The molecule has 1 rings (SSSR count). The maximum Gasteiger partial charge on any atom is 0.309 e. The number of hydrogen-bond donors (Lipinski definition) is 2. The summed E-state index contributed by atoms with van der Waals surface area (Å²) >= 11 is 2.14. The van der Waals surface area contributed by atoms with E-state index in [9.17, 15) is 9.90 Å². The lowest BCUT2D eigenvalue weighted by molar-refractivity contribution is -0.150. The molecule has 6 atom stereocenters. The van der Waals surface area contributed by atoms with Crippen molar-refractivity contribution in [2.45, 2.75) is 148 Å². The van der Waals surface area contributed by atoms with E-state index in [1.54, 1.807) is 7.11 Å². The first kappa shape index (κ1) is 47.1. The summed E-state index contributed by atoms with van der Waals surface area (Å²) in [4.78, 5) is 13.1. The monoisotopic (exact) mass is 838 g/mol. The highest BCUT2D eigenvalue weighted by atomic mass is 127. The Balaban J connectivity index is 2.88. The van der Waals surface area contributed by atoms with E-state index >= 15 is 0 Å². The molecule has 0 heterocycles. The Hall–Kier alpha value is -1.94. The molecule has 7 nitrogen and oxygen atoms in total. The fourth-order valence-corrected chi connectivity index (χ4v) is 13.0. The molecule has 9 heteroatoms. The smallest absolute Gasteiger partial charge is 0.309 e. The molecule has 2 N–H and O–H groups in total. The lowest BCUT2D eigenvalue weighted by Gasteiger charge is -2.45. The van der Waals surface area contributed by atoms with Gasteiger partial charge in [0.2, 0.25) is 8.32 Å². The van der Waals surface area contributed by atoms with Gasteiger partial charge in [0.1, 0.15) is 18.5 Å². The zero-order valence-electron chi connectivity index (χ0n) is 32.8. The van der Waals surface area contributed by atoms with Gasteiger partial charge < -0.3 is 28.8 Å². The molecule has 0 spiro atoms. The number of esters is 1. The van der Waals surface area contributed by atoms with Gasteiger partial charge >= 0.3 is 5.97 Å². The molecule has 0 saturated carbocycles. The van der Waals surface area contributed by atoms with Crippen LogP contribution in [0.1, 0.15) is 106 Å². The lowest BCUT2D eigenvalue weighted by atomic mass is 9.96. The van der Waals surface area contributed by atoms with Crippen molar-refractivity contribution in [3.8, 4) is 17.6 Å². The van der Waals surface area contributed by atoms with Crippen LogP contribution in [0.15, 0.2) is 59.2 Å². The number of hydrogen-bond acceptors (Lipinski definition) is 7. The Morgan fingerprint density at radius 1 is 0.941 bits per heavy atom. The summed E-state index contributed by atoms with van der Waals surface area (Å²) in [6.45, 7) is 22.0. The number of benzene rings is 1. The van der Waals surface area contributed by atoms with Gasteiger partial charge in [-0.05, 0) is 82.5 Å².